The summed E-state index contributed by atoms with van der Waals surface area (Å²) in [5.74, 6) is 2.14. The van der Waals surface area contributed by atoms with Gasteiger partial charge in [-0.2, -0.15) is 0 Å². The maximum atomic E-state index is 12.2. The molecule has 0 aliphatic carbocycles. The molecule has 2 heterocycles. The Morgan fingerprint density at radius 3 is 2.69 bits per heavy atom. The van der Waals surface area contributed by atoms with Gasteiger partial charge in [-0.1, -0.05) is 6.92 Å². The van der Waals surface area contributed by atoms with Crippen molar-refractivity contribution in [2.75, 3.05) is 31.1 Å². The summed E-state index contributed by atoms with van der Waals surface area (Å²) < 4.78 is 11.2. The van der Waals surface area contributed by atoms with Gasteiger partial charge < -0.3 is 10.2 Å². The van der Waals surface area contributed by atoms with Gasteiger partial charge in [0.25, 0.3) is 0 Å². The second-order valence-electron chi connectivity index (χ2n) is 4.81. The van der Waals surface area contributed by atoms with E-state index in [2.05, 4.69) is 12.2 Å². The lowest BCUT2D eigenvalue weighted by Gasteiger charge is -2.33. The highest BCUT2D eigenvalue weighted by Crippen LogP contribution is 2.17. The molecule has 2 aliphatic heterocycles. The van der Waals surface area contributed by atoms with Crippen LogP contribution in [0, 0.1) is 5.92 Å². The molecule has 2 aliphatic rings. The SMILES string of the molecule is CC1CCNC(C(=O)N2CCS(=O)CC2)C1. The van der Waals surface area contributed by atoms with Crippen LogP contribution in [-0.2, 0) is 15.6 Å². The van der Waals surface area contributed by atoms with E-state index in [4.69, 9.17) is 0 Å². The monoisotopic (exact) mass is 244 g/mol. The minimum Gasteiger partial charge on any atom is -0.340 e. The predicted molar refractivity (Wildman–Crippen MR) is 64.6 cm³/mol. The molecule has 5 heteroatoms. The van der Waals surface area contributed by atoms with E-state index in [1.807, 2.05) is 4.90 Å². The molecule has 0 aromatic rings. The Labute approximate surface area is 99.2 Å². The minimum absolute atomic E-state index is 0.00437. The second kappa shape index (κ2) is 5.27. The molecule has 4 nitrogen and oxygen atoms in total. The van der Waals surface area contributed by atoms with Crippen LogP contribution >= 0.6 is 0 Å². The fourth-order valence-corrected chi connectivity index (χ4v) is 3.43. The number of rotatable bonds is 1. The molecule has 0 saturated carbocycles. The average Bonchev–Trinajstić information content (AvgIpc) is 2.29. The van der Waals surface area contributed by atoms with Gasteiger partial charge in [0.1, 0.15) is 0 Å². The van der Waals surface area contributed by atoms with Crippen LogP contribution in [0.1, 0.15) is 19.8 Å². The molecule has 0 bridgehead atoms. The highest BCUT2D eigenvalue weighted by Gasteiger charge is 2.29. The van der Waals surface area contributed by atoms with Crippen LogP contribution in [0.2, 0.25) is 0 Å². The maximum absolute atomic E-state index is 12.2. The van der Waals surface area contributed by atoms with Crippen molar-refractivity contribution in [3.05, 3.63) is 0 Å². The molecule has 0 spiro atoms. The third kappa shape index (κ3) is 2.83. The van der Waals surface area contributed by atoms with Gasteiger partial charge in [0, 0.05) is 35.4 Å². The topological polar surface area (TPSA) is 49.4 Å². The van der Waals surface area contributed by atoms with Crippen molar-refractivity contribution in [3.8, 4) is 0 Å². The van der Waals surface area contributed by atoms with Gasteiger partial charge in [0.05, 0.1) is 6.04 Å². The van der Waals surface area contributed by atoms with E-state index in [0.29, 0.717) is 30.5 Å². The molecule has 16 heavy (non-hydrogen) atoms. The van der Waals surface area contributed by atoms with E-state index in [9.17, 15) is 9.00 Å². The van der Waals surface area contributed by atoms with Gasteiger partial charge in [-0.15, -0.1) is 0 Å². The average molecular weight is 244 g/mol. The summed E-state index contributed by atoms with van der Waals surface area (Å²) in [4.78, 5) is 14.0. The van der Waals surface area contributed by atoms with Gasteiger partial charge in [-0.3, -0.25) is 9.00 Å². The third-order valence-corrected chi connectivity index (χ3v) is 4.73. The Bertz CT molecular complexity index is 286. The molecule has 2 atom stereocenters. The standard InChI is InChI=1S/C11H20N2O2S/c1-9-2-3-12-10(8-9)11(14)13-4-6-16(15)7-5-13/h9-10,12H,2-8H2,1H3. The number of carbonyl (C=O) groups is 1. The summed E-state index contributed by atoms with van der Waals surface area (Å²) in [5.41, 5.74) is 0. The molecule has 0 radical (unpaired) electrons. The van der Waals surface area contributed by atoms with E-state index in [1.54, 1.807) is 0 Å². The first-order chi connectivity index (χ1) is 7.66. The van der Waals surface area contributed by atoms with Crippen LogP contribution in [0.25, 0.3) is 0 Å². The number of nitrogens with one attached hydrogen (secondary N) is 1. The number of hydrogen-bond acceptors (Lipinski definition) is 3. The second-order valence-corrected chi connectivity index (χ2v) is 6.51. The van der Waals surface area contributed by atoms with Gasteiger partial charge in [0.2, 0.25) is 5.91 Å². The lowest BCUT2D eigenvalue weighted by atomic mass is 9.93. The highest BCUT2D eigenvalue weighted by atomic mass is 32.2. The number of carbonyl (C=O) groups excluding carboxylic acids is 1. The van der Waals surface area contributed by atoms with Gasteiger partial charge >= 0.3 is 0 Å². The molecule has 0 aromatic carbocycles. The van der Waals surface area contributed by atoms with Crippen molar-refractivity contribution in [1.29, 1.82) is 0 Å². The largest absolute Gasteiger partial charge is 0.340 e. The number of nitrogens with zero attached hydrogens (tertiary/aromatic N) is 1. The van der Waals surface area contributed by atoms with Crippen LogP contribution in [-0.4, -0.2) is 52.2 Å². The zero-order valence-electron chi connectivity index (χ0n) is 9.78. The molecule has 2 fully saturated rings. The van der Waals surface area contributed by atoms with Crippen molar-refractivity contribution in [3.63, 3.8) is 0 Å². The molecule has 92 valence electrons. The normalized spacial score (nSPS) is 32.7. The first kappa shape index (κ1) is 12.0. The van der Waals surface area contributed by atoms with Crippen molar-refractivity contribution < 1.29 is 9.00 Å². The highest BCUT2D eigenvalue weighted by molar-refractivity contribution is 7.85. The van der Waals surface area contributed by atoms with Crippen LogP contribution in [0.15, 0.2) is 0 Å². The van der Waals surface area contributed by atoms with Crippen LogP contribution in [0.5, 0.6) is 0 Å². The minimum atomic E-state index is -0.704. The fourth-order valence-electron chi connectivity index (χ4n) is 2.37. The van der Waals surface area contributed by atoms with Crippen molar-refractivity contribution in [2.45, 2.75) is 25.8 Å². The number of amides is 1. The molecule has 2 unspecified atom stereocenters. The Balaban J connectivity index is 1.89. The Kier molecular flexibility index (Phi) is 3.97. The van der Waals surface area contributed by atoms with Crippen molar-refractivity contribution in [2.24, 2.45) is 5.92 Å². The molecule has 1 amide bonds. The zero-order valence-corrected chi connectivity index (χ0v) is 10.6. The smallest absolute Gasteiger partial charge is 0.239 e. The fraction of sp³-hybridized carbons (Fsp3) is 0.909. The summed E-state index contributed by atoms with van der Waals surface area (Å²) in [5, 5.41) is 3.29. The molecule has 1 N–H and O–H groups in total. The molecular formula is C11H20N2O2S. The summed E-state index contributed by atoms with van der Waals surface area (Å²) in [6, 6.07) is -0.00437. The van der Waals surface area contributed by atoms with E-state index in [1.165, 1.54) is 0 Å². The van der Waals surface area contributed by atoms with E-state index < -0.39 is 10.8 Å². The van der Waals surface area contributed by atoms with Crippen molar-refractivity contribution in [1.82, 2.24) is 10.2 Å². The molecule has 2 rings (SSSR count). The van der Waals surface area contributed by atoms with Crippen LogP contribution in [0.3, 0.4) is 0 Å². The predicted octanol–water partition coefficient (Wildman–Crippen LogP) is -0.0346. The van der Waals surface area contributed by atoms with E-state index >= 15 is 0 Å². The third-order valence-electron chi connectivity index (χ3n) is 3.45. The van der Waals surface area contributed by atoms with E-state index in [-0.39, 0.29) is 11.9 Å². The van der Waals surface area contributed by atoms with Gasteiger partial charge in [-0.05, 0) is 25.3 Å². The Morgan fingerprint density at radius 1 is 1.38 bits per heavy atom. The Morgan fingerprint density at radius 2 is 2.06 bits per heavy atom. The summed E-state index contributed by atoms with van der Waals surface area (Å²) in [6.45, 7) is 4.47. The van der Waals surface area contributed by atoms with Gasteiger partial charge in [0.15, 0.2) is 0 Å². The molecular weight excluding hydrogens is 224 g/mol. The quantitative estimate of drug-likeness (QED) is 0.704. The lowest BCUT2D eigenvalue weighted by Crippen LogP contribution is -2.53. The summed E-state index contributed by atoms with van der Waals surface area (Å²) in [7, 11) is -0.704. The zero-order chi connectivity index (χ0) is 11.5. The van der Waals surface area contributed by atoms with Crippen LogP contribution in [0.4, 0.5) is 0 Å². The van der Waals surface area contributed by atoms with E-state index in [0.717, 1.165) is 19.4 Å². The lowest BCUT2D eigenvalue weighted by molar-refractivity contribution is -0.134. The summed E-state index contributed by atoms with van der Waals surface area (Å²) in [6.07, 6.45) is 2.10. The number of hydrogen-bond donors (Lipinski definition) is 1. The first-order valence-corrected chi connectivity index (χ1v) is 7.53. The first-order valence-electron chi connectivity index (χ1n) is 6.04. The van der Waals surface area contributed by atoms with Crippen molar-refractivity contribution >= 4 is 16.7 Å². The van der Waals surface area contributed by atoms with Crippen LogP contribution < -0.4 is 5.32 Å². The Hall–Kier alpha value is -0.420. The maximum Gasteiger partial charge on any atom is 0.239 e. The molecule has 0 aromatic heterocycles. The number of piperidine rings is 1. The summed E-state index contributed by atoms with van der Waals surface area (Å²) >= 11 is 0. The van der Waals surface area contributed by atoms with Gasteiger partial charge in [-0.25, -0.2) is 0 Å². The molecule has 2 saturated heterocycles.